The zero-order chi connectivity index (χ0) is 13.0. The highest BCUT2D eigenvalue weighted by Crippen LogP contribution is 2.22. The van der Waals surface area contributed by atoms with E-state index in [1.54, 1.807) is 12.1 Å². The van der Waals surface area contributed by atoms with Crippen molar-refractivity contribution in [2.45, 2.75) is 13.5 Å². The van der Waals surface area contributed by atoms with E-state index in [1.165, 1.54) is 17.4 Å². The molecular weight excluding hydrogens is 321 g/mol. The quantitative estimate of drug-likeness (QED) is 0.911. The third kappa shape index (κ3) is 3.39. The Balaban J connectivity index is 1.95. The highest BCUT2D eigenvalue weighted by atomic mass is 79.9. The van der Waals surface area contributed by atoms with Gasteiger partial charge in [0.25, 0.3) is 0 Å². The van der Waals surface area contributed by atoms with Gasteiger partial charge in [0.2, 0.25) is 5.13 Å². The van der Waals surface area contributed by atoms with Crippen LogP contribution in [0.2, 0.25) is 0 Å². The Bertz CT molecular complexity index is 535. The van der Waals surface area contributed by atoms with Crippen LogP contribution in [0.25, 0.3) is 0 Å². The maximum atomic E-state index is 13.2. The summed E-state index contributed by atoms with van der Waals surface area (Å²) in [5.74, 6) is 0.119. The molecule has 2 rings (SSSR count). The van der Waals surface area contributed by atoms with Crippen LogP contribution in [-0.4, -0.2) is 16.7 Å². The Labute approximate surface area is 116 Å². The monoisotopic (exact) mass is 331 g/mol. The van der Waals surface area contributed by atoms with Gasteiger partial charge < -0.3 is 10.1 Å². The van der Waals surface area contributed by atoms with Crippen molar-refractivity contribution in [1.82, 2.24) is 10.2 Å². The zero-order valence-corrected chi connectivity index (χ0v) is 12.0. The minimum absolute atomic E-state index is 0.282. The number of rotatable bonds is 5. The summed E-state index contributed by atoms with van der Waals surface area (Å²) in [5, 5.41) is 12.5. The minimum atomic E-state index is -0.349. The van der Waals surface area contributed by atoms with Crippen LogP contribution in [0, 0.1) is 5.82 Å². The summed E-state index contributed by atoms with van der Waals surface area (Å²) >= 11 is 4.51. The fourth-order valence-corrected chi connectivity index (χ4v) is 2.21. The van der Waals surface area contributed by atoms with Crippen molar-refractivity contribution < 1.29 is 9.13 Å². The van der Waals surface area contributed by atoms with E-state index in [0.29, 0.717) is 10.2 Å². The van der Waals surface area contributed by atoms with Crippen LogP contribution in [0.15, 0.2) is 22.7 Å². The average Bonchev–Trinajstić information content (AvgIpc) is 2.79. The first-order valence-corrected chi connectivity index (χ1v) is 6.94. The maximum absolute atomic E-state index is 13.2. The number of nitrogens with one attached hydrogen (secondary N) is 1. The van der Waals surface area contributed by atoms with Crippen LogP contribution in [0.4, 0.5) is 9.52 Å². The lowest BCUT2D eigenvalue weighted by molar-refractivity contribution is 0.303. The lowest BCUT2D eigenvalue weighted by Crippen LogP contribution is -1.95. The summed E-state index contributed by atoms with van der Waals surface area (Å²) in [6.45, 7) is 3.07. The largest absolute Gasteiger partial charge is 0.486 e. The number of anilines is 1. The Morgan fingerprint density at radius 2 is 2.28 bits per heavy atom. The van der Waals surface area contributed by atoms with Crippen LogP contribution in [0.3, 0.4) is 0 Å². The van der Waals surface area contributed by atoms with Gasteiger partial charge in [-0.25, -0.2) is 4.39 Å². The van der Waals surface area contributed by atoms with E-state index < -0.39 is 0 Å². The van der Waals surface area contributed by atoms with Gasteiger partial charge in [-0.1, -0.05) is 11.3 Å². The molecule has 0 fully saturated rings. The highest BCUT2D eigenvalue weighted by molar-refractivity contribution is 9.10. The Morgan fingerprint density at radius 3 is 3.00 bits per heavy atom. The lowest BCUT2D eigenvalue weighted by Gasteiger charge is -2.04. The molecule has 0 spiro atoms. The second-order valence-electron chi connectivity index (χ2n) is 3.40. The first-order valence-electron chi connectivity index (χ1n) is 5.33. The minimum Gasteiger partial charge on any atom is -0.486 e. The number of benzene rings is 1. The van der Waals surface area contributed by atoms with Crippen molar-refractivity contribution in [1.29, 1.82) is 0 Å². The summed E-state index contributed by atoms with van der Waals surface area (Å²) in [7, 11) is 0. The summed E-state index contributed by atoms with van der Waals surface area (Å²) in [5.41, 5.74) is 0. The van der Waals surface area contributed by atoms with E-state index in [4.69, 9.17) is 4.74 Å². The molecule has 0 radical (unpaired) electrons. The van der Waals surface area contributed by atoms with Crippen molar-refractivity contribution in [3.63, 3.8) is 0 Å². The first kappa shape index (κ1) is 13.2. The van der Waals surface area contributed by atoms with Gasteiger partial charge in [0.1, 0.15) is 18.2 Å². The van der Waals surface area contributed by atoms with Crippen molar-refractivity contribution >= 4 is 32.4 Å². The molecule has 0 saturated carbocycles. The fourth-order valence-electron chi connectivity index (χ4n) is 1.25. The number of ether oxygens (including phenoxy) is 1. The van der Waals surface area contributed by atoms with E-state index in [9.17, 15) is 4.39 Å². The van der Waals surface area contributed by atoms with E-state index in [-0.39, 0.29) is 12.4 Å². The van der Waals surface area contributed by atoms with E-state index in [2.05, 4.69) is 31.4 Å². The molecule has 2 aromatic rings. The molecule has 0 unspecified atom stereocenters. The van der Waals surface area contributed by atoms with Gasteiger partial charge >= 0.3 is 0 Å². The maximum Gasteiger partial charge on any atom is 0.205 e. The summed E-state index contributed by atoms with van der Waals surface area (Å²) in [4.78, 5) is 0. The van der Waals surface area contributed by atoms with Crippen molar-refractivity contribution in [3.05, 3.63) is 33.5 Å². The molecule has 0 atom stereocenters. The van der Waals surface area contributed by atoms with Gasteiger partial charge in [0, 0.05) is 12.6 Å². The smallest absolute Gasteiger partial charge is 0.205 e. The van der Waals surface area contributed by atoms with Gasteiger partial charge in [-0.15, -0.1) is 10.2 Å². The van der Waals surface area contributed by atoms with E-state index in [1.807, 2.05) is 6.92 Å². The molecule has 18 heavy (non-hydrogen) atoms. The van der Waals surface area contributed by atoms with Crippen molar-refractivity contribution in [2.24, 2.45) is 0 Å². The molecule has 1 heterocycles. The van der Waals surface area contributed by atoms with Gasteiger partial charge in [-0.3, -0.25) is 0 Å². The fraction of sp³-hybridized carbons (Fsp3) is 0.273. The molecule has 1 aromatic carbocycles. The summed E-state index contributed by atoms with van der Waals surface area (Å²) in [6.07, 6.45) is 0. The molecule has 0 aliphatic rings. The highest BCUT2D eigenvalue weighted by Gasteiger charge is 2.05. The van der Waals surface area contributed by atoms with Crippen LogP contribution in [-0.2, 0) is 6.61 Å². The van der Waals surface area contributed by atoms with Crippen LogP contribution in [0.5, 0.6) is 5.75 Å². The van der Waals surface area contributed by atoms with E-state index >= 15 is 0 Å². The SMILES string of the molecule is CCNc1nnc(COc2ccc(Br)c(F)c2)s1. The number of nitrogens with zero attached hydrogens (tertiary/aromatic N) is 2. The Hall–Kier alpha value is -1.21. The normalized spacial score (nSPS) is 10.4. The average molecular weight is 332 g/mol. The second-order valence-corrected chi connectivity index (χ2v) is 5.31. The number of halogens is 2. The molecule has 4 nitrogen and oxygen atoms in total. The molecule has 0 bridgehead atoms. The molecule has 0 amide bonds. The molecule has 0 aliphatic heterocycles. The number of hydrogen-bond acceptors (Lipinski definition) is 5. The van der Waals surface area contributed by atoms with Crippen LogP contribution in [0.1, 0.15) is 11.9 Å². The number of hydrogen-bond donors (Lipinski definition) is 1. The van der Waals surface area contributed by atoms with Gasteiger partial charge in [-0.05, 0) is 35.0 Å². The topological polar surface area (TPSA) is 47.0 Å². The lowest BCUT2D eigenvalue weighted by atomic mass is 10.3. The molecule has 96 valence electrons. The zero-order valence-electron chi connectivity index (χ0n) is 9.61. The predicted molar refractivity (Wildman–Crippen MR) is 72.5 cm³/mol. The van der Waals surface area contributed by atoms with Gasteiger partial charge in [0.15, 0.2) is 5.01 Å². The third-order valence-electron chi connectivity index (χ3n) is 2.05. The van der Waals surface area contributed by atoms with Crippen LogP contribution < -0.4 is 10.1 Å². The Morgan fingerprint density at radius 1 is 1.44 bits per heavy atom. The van der Waals surface area contributed by atoms with Gasteiger partial charge in [0.05, 0.1) is 4.47 Å². The van der Waals surface area contributed by atoms with Crippen molar-refractivity contribution in [2.75, 3.05) is 11.9 Å². The number of aromatic nitrogens is 2. The molecule has 1 aromatic heterocycles. The first-order chi connectivity index (χ1) is 8.69. The third-order valence-corrected chi connectivity index (χ3v) is 3.55. The molecule has 7 heteroatoms. The molecule has 1 N–H and O–H groups in total. The van der Waals surface area contributed by atoms with Crippen LogP contribution >= 0.6 is 27.3 Å². The molecule has 0 saturated heterocycles. The predicted octanol–water partition coefficient (Wildman–Crippen LogP) is 3.45. The van der Waals surface area contributed by atoms with Crippen molar-refractivity contribution in [3.8, 4) is 5.75 Å². The Kier molecular flexibility index (Phi) is 4.48. The summed E-state index contributed by atoms with van der Waals surface area (Å²) in [6, 6.07) is 4.63. The second kappa shape index (κ2) is 6.10. The molecular formula is C11H11BrFN3OS. The standard InChI is InChI=1S/C11H11BrFN3OS/c1-2-14-11-16-15-10(18-11)6-17-7-3-4-8(12)9(13)5-7/h3-5H,2,6H2,1H3,(H,14,16). The summed E-state index contributed by atoms with van der Waals surface area (Å²) < 4.78 is 19.1. The molecule has 0 aliphatic carbocycles. The van der Waals surface area contributed by atoms with E-state index in [0.717, 1.165) is 16.7 Å². The van der Waals surface area contributed by atoms with Gasteiger partial charge in [-0.2, -0.15) is 0 Å².